The molecule has 2 atom stereocenters. The number of hydrogen-bond acceptors (Lipinski definition) is 3. The van der Waals surface area contributed by atoms with Gasteiger partial charge in [0.25, 0.3) is 0 Å². The average molecular weight is 302 g/mol. The van der Waals surface area contributed by atoms with E-state index in [1.165, 1.54) is 0 Å². The van der Waals surface area contributed by atoms with Gasteiger partial charge < -0.3 is 20.4 Å². The maximum absolute atomic E-state index is 11.9. The number of benzene rings is 1. The maximum Gasteiger partial charge on any atom is 0.315 e. The van der Waals surface area contributed by atoms with Crippen LogP contribution in [0.15, 0.2) is 24.3 Å². The van der Waals surface area contributed by atoms with Crippen molar-refractivity contribution in [3.05, 3.63) is 30.1 Å². The minimum absolute atomic E-state index is 0.0358. The number of carbonyl (C=O) groups is 1. The number of imidazole rings is 1. The Morgan fingerprint density at radius 3 is 3.14 bits per heavy atom. The summed E-state index contributed by atoms with van der Waals surface area (Å²) in [6, 6.07) is 7.79. The Morgan fingerprint density at radius 2 is 2.36 bits per heavy atom. The third-order valence-corrected chi connectivity index (χ3v) is 3.97. The van der Waals surface area contributed by atoms with Crippen LogP contribution in [0.25, 0.3) is 11.0 Å². The van der Waals surface area contributed by atoms with Crippen molar-refractivity contribution in [2.75, 3.05) is 13.2 Å². The molecule has 1 aliphatic rings. The Labute approximate surface area is 129 Å². The number of carbonyl (C=O) groups excluding carboxylic acids is 1. The molecule has 1 aromatic heterocycles. The highest BCUT2D eigenvalue weighted by molar-refractivity contribution is 5.75. The third kappa shape index (κ3) is 3.57. The van der Waals surface area contributed by atoms with Crippen LogP contribution in [0.5, 0.6) is 0 Å². The summed E-state index contributed by atoms with van der Waals surface area (Å²) in [5, 5.41) is 5.79. The highest BCUT2D eigenvalue weighted by atomic mass is 16.5. The first-order valence-electron chi connectivity index (χ1n) is 7.82. The molecule has 3 N–H and O–H groups in total. The smallest absolute Gasteiger partial charge is 0.315 e. The van der Waals surface area contributed by atoms with Gasteiger partial charge in [0.05, 0.1) is 23.2 Å². The molecule has 6 heteroatoms. The van der Waals surface area contributed by atoms with Gasteiger partial charge in [-0.1, -0.05) is 12.1 Å². The molecule has 6 nitrogen and oxygen atoms in total. The molecule has 1 aromatic carbocycles. The van der Waals surface area contributed by atoms with Crippen LogP contribution in [0.3, 0.4) is 0 Å². The Balaban J connectivity index is 1.43. The van der Waals surface area contributed by atoms with E-state index in [1.807, 2.05) is 31.2 Å². The summed E-state index contributed by atoms with van der Waals surface area (Å²) < 4.78 is 5.57. The zero-order valence-electron chi connectivity index (χ0n) is 12.8. The second-order valence-electron chi connectivity index (χ2n) is 5.69. The minimum Gasteiger partial charge on any atom is -0.376 e. The molecule has 118 valence electrons. The standard InChI is InChI=1S/C16H22N4O2/c1-11(14-7-4-10-22-14)18-16(21)17-9-8-15-19-12-5-2-3-6-13(12)20-15/h2-3,5-6,11,14H,4,7-10H2,1H3,(H,19,20)(H2,17,18,21)/t11-,14+/m1/s1. The summed E-state index contributed by atoms with van der Waals surface area (Å²) in [6.45, 7) is 3.32. The molecule has 22 heavy (non-hydrogen) atoms. The first-order chi connectivity index (χ1) is 10.7. The fourth-order valence-corrected chi connectivity index (χ4v) is 2.77. The molecule has 0 unspecified atom stereocenters. The van der Waals surface area contributed by atoms with E-state index < -0.39 is 0 Å². The third-order valence-electron chi connectivity index (χ3n) is 3.97. The van der Waals surface area contributed by atoms with E-state index in [4.69, 9.17) is 4.74 Å². The lowest BCUT2D eigenvalue weighted by atomic mass is 10.1. The minimum atomic E-state index is -0.154. The van der Waals surface area contributed by atoms with Gasteiger partial charge in [-0.3, -0.25) is 0 Å². The van der Waals surface area contributed by atoms with Gasteiger partial charge in [-0.15, -0.1) is 0 Å². The van der Waals surface area contributed by atoms with Gasteiger partial charge in [-0.25, -0.2) is 9.78 Å². The summed E-state index contributed by atoms with van der Waals surface area (Å²) in [5.41, 5.74) is 1.97. The van der Waals surface area contributed by atoms with Gasteiger partial charge in [0, 0.05) is 19.6 Å². The van der Waals surface area contributed by atoms with E-state index in [-0.39, 0.29) is 18.2 Å². The molecule has 3 rings (SSSR count). The van der Waals surface area contributed by atoms with Crippen molar-refractivity contribution in [1.82, 2.24) is 20.6 Å². The number of fused-ring (bicyclic) bond motifs is 1. The quantitative estimate of drug-likeness (QED) is 0.790. The van der Waals surface area contributed by atoms with Crippen LogP contribution in [-0.4, -0.2) is 41.3 Å². The summed E-state index contributed by atoms with van der Waals surface area (Å²) in [7, 11) is 0. The Bertz CT molecular complexity index is 601. The number of nitrogens with one attached hydrogen (secondary N) is 3. The van der Waals surface area contributed by atoms with E-state index in [2.05, 4.69) is 20.6 Å². The van der Waals surface area contributed by atoms with Crippen LogP contribution in [0.4, 0.5) is 4.79 Å². The fourth-order valence-electron chi connectivity index (χ4n) is 2.77. The Hall–Kier alpha value is -2.08. The molecule has 1 saturated heterocycles. The molecule has 1 fully saturated rings. The molecule has 2 aromatic rings. The number of H-pyrrole nitrogens is 1. The first-order valence-corrected chi connectivity index (χ1v) is 7.82. The number of para-hydroxylation sites is 2. The molecular formula is C16H22N4O2. The lowest BCUT2D eigenvalue weighted by Crippen LogP contribution is -2.46. The van der Waals surface area contributed by atoms with Crippen LogP contribution in [-0.2, 0) is 11.2 Å². The highest BCUT2D eigenvalue weighted by Gasteiger charge is 2.23. The first kappa shape index (κ1) is 14.8. The summed E-state index contributed by atoms with van der Waals surface area (Å²) in [5.74, 6) is 0.883. The van der Waals surface area contributed by atoms with Crippen molar-refractivity contribution >= 4 is 17.1 Å². The number of hydrogen-bond donors (Lipinski definition) is 3. The van der Waals surface area contributed by atoms with Crippen LogP contribution in [0, 0.1) is 0 Å². The maximum atomic E-state index is 11.9. The Morgan fingerprint density at radius 1 is 1.50 bits per heavy atom. The van der Waals surface area contributed by atoms with Crippen LogP contribution >= 0.6 is 0 Å². The monoisotopic (exact) mass is 302 g/mol. The number of aromatic amines is 1. The van der Waals surface area contributed by atoms with Crippen molar-refractivity contribution in [1.29, 1.82) is 0 Å². The summed E-state index contributed by atoms with van der Waals surface area (Å²) in [6.07, 6.45) is 2.91. The van der Waals surface area contributed by atoms with E-state index in [9.17, 15) is 4.79 Å². The summed E-state index contributed by atoms with van der Waals surface area (Å²) in [4.78, 5) is 19.6. The normalized spacial score (nSPS) is 19.2. The molecule has 0 saturated carbocycles. The number of amides is 2. The average Bonchev–Trinajstić information content (AvgIpc) is 3.16. The van der Waals surface area contributed by atoms with Crippen LogP contribution in [0.2, 0.25) is 0 Å². The molecule has 0 aliphatic carbocycles. The SMILES string of the molecule is C[C@@H](NC(=O)NCCc1nc2ccccc2[nH]1)[C@@H]1CCCO1. The molecular weight excluding hydrogens is 280 g/mol. The predicted molar refractivity (Wildman–Crippen MR) is 84.8 cm³/mol. The topological polar surface area (TPSA) is 79.0 Å². The molecule has 1 aliphatic heterocycles. The number of nitrogens with zero attached hydrogens (tertiary/aromatic N) is 1. The van der Waals surface area contributed by atoms with Gasteiger partial charge in [0.2, 0.25) is 0 Å². The predicted octanol–water partition coefficient (Wildman–Crippen LogP) is 1.97. The molecule has 0 spiro atoms. The van der Waals surface area contributed by atoms with Gasteiger partial charge in [-0.2, -0.15) is 0 Å². The van der Waals surface area contributed by atoms with E-state index >= 15 is 0 Å². The molecule has 0 bridgehead atoms. The second-order valence-corrected chi connectivity index (χ2v) is 5.69. The highest BCUT2D eigenvalue weighted by Crippen LogP contribution is 2.15. The molecule has 2 amide bonds. The van der Waals surface area contributed by atoms with E-state index in [0.29, 0.717) is 13.0 Å². The van der Waals surface area contributed by atoms with Crippen molar-refractivity contribution in [2.45, 2.75) is 38.3 Å². The number of rotatable bonds is 5. The summed E-state index contributed by atoms with van der Waals surface area (Å²) >= 11 is 0. The van der Waals surface area contributed by atoms with Gasteiger partial charge in [0.15, 0.2) is 0 Å². The lowest BCUT2D eigenvalue weighted by molar-refractivity contribution is 0.0860. The van der Waals surface area contributed by atoms with Crippen LogP contribution < -0.4 is 10.6 Å². The van der Waals surface area contributed by atoms with Crippen molar-refractivity contribution < 1.29 is 9.53 Å². The lowest BCUT2D eigenvalue weighted by Gasteiger charge is -2.20. The van der Waals surface area contributed by atoms with Gasteiger partial charge in [-0.05, 0) is 31.9 Å². The zero-order chi connectivity index (χ0) is 15.4. The number of ether oxygens (including phenoxy) is 1. The molecule has 2 heterocycles. The fraction of sp³-hybridized carbons (Fsp3) is 0.500. The Kier molecular flexibility index (Phi) is 4.58. The van der Waals surface area contributed by atoms with E-state index in [0.717, 1.165) is 36.3 Å². The number of urea groups is 1. The van der Waals surface area contributed by atoms with Crippen molar-refractivity contribution in [3.8, 4) is 0 Å². The van der Waals surface area contributed by atoms with Crippen molar-refractivity contribution in [3.63, 3.8) is 0 Å². The van der Waals surface area contributed by atoms with E-state index in [1.54, 1.807) is 0 Å². The number of aromatic nitrogens is 2. The van der Waals surface area contributed by atoms with Crippen molar-refractivity contribution in [2.24, 2.45) is 0 Å². The van der Waals surface area contributed by atoms with Crippen LogP contribution in [0.1, 0.15) is 25.6 Å². The largest absolute Gasteiger partial charge is 0.376 e. The van der Waals surface area contributed by atoms with Gasteiger partial charge in [0.1, 0.15) is 5.82 Å². The zero-order valence-corrected chi connectivity index (χ0v) is 12.8. The second kappa shape index (κ2) is 6.79. The molecule has 0 radical (unpaired) electrons. The van der Waals surface area contributed by atoms with Gasteiger partial charge >= 0.3 is 6.03 Å².